The number of aryl methyl sites for hydroxylation is 1. The van der Waals surface area contributed by atoms with Gasteiger partial charge in [0, 0.05) is 0 Å². The lowest BCUT2D eigenvalue weighted by molar-refractivity contribution is 0.503. The molecule has 1 aromatic carbocycles. The zero-order chi connectivity index (χ0) is 9.84. The van der Waals surface area contributed by atoms with Crippen LogP contribution in [-0.2, 0) is 0 Å². The van der Waals surface area contributed by atoms with Crippen LogP contribution in [0.25, 0.3) is 6.08 Å². The van der Waals surface area contributed by atoms with Crippen molar-refractivity contribution in [3.05, 3.63) is 53.6 Å². The molecule has 2 heteroatoms. The van der Waals surface area contributed by atoms with Gasteiger partial charge in [-0.3, -0.25) is 0 Å². The molecular formula is C11H10F2. The zero-order valence-corrected chi connectivity index (χ0v) is 7.35. The van der Waals surface area contributed by atoms with Crippen molar-refractivity contribution < 1.29 is 8.78 Å². The number of rotatable bonds is 2. The van der Waals surface area contributed by atoms with Crippen molar-refractivity contribution in [3.8, 4) is 0 Å². The second-order valence-electron chi connectivity index (χ2n) is 2.73. The minimum atomic E-state index is -0.816. The maximum absolute atomic E-state index is 12.8. The molecule has 0 unspecified atom stereocenters. The quantitative estimate of drug-likeness (QED) is 0.611. The van der Waals surface area contributed by atoms with E-state index < -0.39 is 11.6 Å². The van der Waals surface area contributed by atoms with Gasteiger partial charge in [0.05, 0.1) is 0 Å². The smallest absolute Gasteiger partial charge is 0.161 e. The summed E-state index contributed by atoms with van der Waals surface area (Å²) in [4.78, 5) is 0. The standard InChI is InChI=1S/C11H10F2/c1-3-4-5-9-6-8(2)11(13)10(12)7-9/h3-7H,1H2,2H3/b5-4+. The van der Waals surface area contributed by atoms with Crippen molar-refractivity contribution in [1.82, 2.24) is 0 Å². The minimum absolute atomic E-state index is 0.309. The summed E-state index contributed by atoms with van der Waals surface area (Å²) in [6, 6.07) is 2.74. The third-order valence-corrected chi connectivity index (χ3v) is 1.66. The van der Waals surface area contributed by atoms with Crippen molar-refractivity contribution in [3.63, 3.8) is 0 Å². The van der Waals surface area contributed by atoms with E-state index in [1.165, 1.54) is 6.92 Å². The van der Waals surface area contributed by atoms with Crippen LogP contribution in [0.15, 0.2) is 30.9 Å². The first-order valence-electron chi connectivity index (χ1n) is 3.90. The third-order valence-electron chi connectivity index (χ3n) is 1.66. The lowest BCUT2D eigenvalue weighted by Crippen LogP contribution is -1.89. The summed E-state index contributed by atoms with van der Waals surface area (Å²) in [6.45, 7) is 5.01. The molecule has 0 saturated carbocycles. The topological polar surface area (TPSA) is 0 Å². The average Bonchev–Trinajstić information content (AvgIpc) is 2.10. The molecule has 0 nitrogen and oxygen atoms in total. The molecule has 0 spiro atoms. The first kappa shape index (κ1) is 9.65. The van der Waals surface area contributed by atoms with Crippen molar-refractivity contribution in [1.29, 1.82) is 0 Å². The molecule has 1 aromatic rings. The second-order valence-corrected chi connectivity index (χ2v) is 2.73. The van der Waals surface area contributed by atoms with Crippen LogP contribution >= 0.6 is 0 Å². The van der Waals surface area contributed by atoms with Crippen LogP contribution in [0.4, 0.5) is 8.78 Å². The Bertz CT molecular complexity index is 328. The molecule has 0 N–H and O–H groups in total. The van der Waals surface area contributed by atoms with E-state index in [1.54, 1.807) is 24.3 Å². The normalized spacial score (nSPS) is 10.7. The summed E-state index contributed by atoms with van der Waals surface area (Å²) in [6.07, 6.45) is 4.92. The average molecular weight is 180 g/mol. The van der Waals surface area contributed by atoms with Crippen molar-refractivity contribution in [2.24, 2.45) is 0 Å². The highest BCUT2D eigenvalue weighted by atomic mass is 19.2. The Morgan fingerprint density at radius 1 is 1.31 bits per heavy atom. The molecule has 13 heavy (non-hydrogen) atoms. The fraction of sp³-hybridized carbons (Fsp3) is 0.0909. The van der Waals surface area contributed by atoms with Gasteiger partial charge in [-0.25, -0.2) is 8.78 Å². The highest BCUT2D eigenvalue weighted by molar-refractivity contribution is 5.52. The maximum Gasteiger partial charge on any atom is 0.161 e. The lowest BCUT2D eigenvalue weighted by Gasteiger charge is -1.99. The Labute approximate surface area is 76.2 Å². The summed E-state index contributed by atoms with van der Waals surface area (Å²) in [5.74, 6) is -1.60. The van der Waals surface area contributed by atoms with Crippen LogP contribution in [0, 0.1) is 18.6 Å². The van der Waals surface area contributed by atoms with E-state index in [4.69, 9.17) is 0 Å². The van der Waals surface area contributed by atoms with Gasteiger partial charge in [0.25, 0.3) is 0 Å². The molecule has 0 radical (unpaired) electrons. The van der Waals surface area contributed by atoms with Crippen LogP contribution in [0.1, 0.15) is 11.1 Å². The van der Waals surface area contributed by atoms with E-state index in [-0.39, 0.29) is 0 Å². The molecule has 0 heterocycles. The van der Waals surface area contributed by atoms with E-state index in [1.807, 2.05) is 0 Å². The Morgan fingerprint density at radius 2 is 2.00 bits per heavy atom. The molecule has 0 bridgehead atoms. The predicted molar refractivity (Wildman–Crippen MR) is 50.3 cm³/mol. The van der Waals surface area contributed by atoms with E-state index in [0.717, 1.165) is 6.07 Å². The molecule has 0 aromatic heterocycles. The summed E-state index contributed by atoms with van der Waals surface area (Å²) in [5.41, 5.74) is 0.944. The Hall–Kier alpha value is -1.44. The van der Waals surface area contributed by atoms with Crippen LogP contribution in [0.5, 0.6) is 0 Å². The molecule has 0 amide bonds. The molecule has 1 rings (SSSR count). The monoisotopic (exact) mass is 180 g/mol. The van der Waals surface area contributed by atoms with Crippen LogP contribution in [0.3, 0.4) is 0 Å². The van der Waals surface area contributed by atoms with Gasteiger partial charge in [-0.15, -0.1) is 0 Å². The highest BCUT2D eigenvalue weighted by Crippen LogP contribution is 2.14. The van der Waals surface area contributed by atoms with Gasteiger partial charge < -0.3 is 0 Å². The van der Waals surface area contributed by atoms with Crippen molar-refractivity contribution in [2.45, 2.75) is 6.92 Å². The molecule has 0 aliphatic carbocycles. The van der Waals surface area contributed by atoms with Crippen LogP contribution < -0.4 is 0 Å². The van der Waals surface area contributed by atoms with Gasteiger partial charge >= 0.3 is 0 Å². The minimum Gasteiger partial charge on any atom is -0.204 e. The summed E-state index contributed by atoms with van der Waals surface area (Å²) in [5, 5.41) is 0. The molecule has 68 valence electrons. The predicted octanol–water partition coefficient (Wildman–Crippen LogP) is 3.47. The van der Waals surface area contributed by atoms with Gasteiger partial charge in [0.15, 0.2) is 11.6 Å². The van der Waals surface area contributed by atoms with Crippen LogP contribution in [0.2, 0.25) is 0 Å². The molecule has 0 fully saturated rings. The van der Waals surface area contributed by atoms with Crippen molar-refractivity contribution in [2.75, 3.05) is 0 Å². The van der Waals surface area contributed by atoms with Gasteiger partial charge in [0.2, 0.25) is 0 Å². The number of benzene rings is 1. The Balaban J connectivity index is 3.12. The van der Waals surface area contributed by atoms with E-state index >= 15 is 0 Å². The van der Waals surface area contributed by atoms with Crippen LogP contribution in [-0.4, -0.2) is 0 Å². The van der Waals surface area contributed by atoms with Gasteiger partial charge in [-0.2, -0.15) is 0 Å². The van der Waals surface area contributed by atoms with Gasteiger partial charge in [0.1, 0.15) is 0 Å². The summed E-state index contributed by atoms with van der Waals surface area (Å²) in [7, 11) is 0. The lowest BCUT2D eigenvalue weighted by atomic mass is 10.1. The Morgan fingerprint density at radius 3 is 2.54 bits per heavy atom. The number of hydrogen-bond donors (Lipinski definition) is 0. The fourth-order valence-electron chi connectivity index (χ4n) is 1.03. The number of allylic oxidation sites excluding steroid dienone is 2. The largest absolute Gasteiger partial charge is 0.204 e. The molecular weight excluding hydrogens is 170 g/mol. The first-order chi connectivity index (χ1) is 6.15. The second kappa shape index (κ2) is 3.99. The Kier molecular flexibility index (Phi) is 2.96. The molecule has 0 saturated heterocycles. The van der Waals surface area contributed by atoms with E-state index in [2.05, 4.69) is 6.58 Å². The highest BCUT2D eigenvalue weighted by Gasteiger charge is 2.04. The zero-order valence-electron chi connectivity index (χ0n) is 7.35. The first-order valence-corrected chi connectivity index (χ1v) is 3.90. The summed E-state index contributed by atoms with van der Waals surface area (Å²) < 4.78 is 25.6. The fourth-order valence-corrected chi connectivity index (χ4v) is 1.03. The third kappa shape index (κ3) is 2.25. The van der Waals surface area contributed by atoms with Gasteiger partial charge in [-0.05, 0) is 30.2 Å². The van der Waals surface area contributed by atoms with E-state index in [9.17, 15) is 8.78 Å². The SMILES string of the molecule is C=C/C=C/c1cc(C)c(F)c(F)c1. The molecule has 0 atom stereocenters. The number of hydrogen-bond acceptors (Lipinski definition) is 0. The summed E-state index contributed by atoms with van der Waals surface area (Å²) >= 11 is 0. The van der Waals surface area contributed by atoms with E-state index in [0.29, 0.717) is 11.1 Å². The number of halogens is 2. The molecule has 0 aliphatic rings. The van der Waals surface area contributed by atoms with Crippen molar-refractivity contribution >= 4 is 6.08 Å². The molecule has 0 aliphatic heterocycles. The maximum atomic E-state index is 12.8. The van der Waals surface area contributed by atoms with Gasteiger partial charge in [-0.1, -0.05) is 24.8 Å².